The molecule has 0 fully saturated rings. The van der Waals surface area contributed by atoms with Crippen molar-refractivity contribution in [1.82, 2.24) is 19.7 Å². The quantitative estimate of drug-likeness (QED) is 0.681. The van der Waals surface area contributed by atoms with Crippen LogP contribution in [0.2, 0.25) is 5.15 Å². The molecule has 0 amide bonds. The Kier molecular flexibility index (Phi) is 3.39. The third-order valence-electron chi connectivity index (χ3n) is 2.87. The first-order valence-electron chi connectivity index (χ1n) is 6.02. The first kappa shape index (κ1) is 13.6. The highest BCUT2D eigenvalue weighted by Crippen LogP contribution is 2.24. The van der Waals surface area contributed by atoms with Crippen LogP contribution in [0.5, 0.6) is 0 Å². The van der Waals surface area contributed by atoms with E-state index in [1.165, 1.54) is 6.07 Å². The monoisotopic (exact) mass is 306 g/mol. The molecule has 3 aromatic rings. The van der Waals surface area contributed by atoms with E-state index in [1.807, 2.05) is 0 Å². The molecule has 21 heavy (non-hydrogen) atoms. The molecule has 0 radical (unpaired) electrons. The predicted octanol–water partition coefficient (Wildman–Crippen LogP) is 3.48. The van der Waals surface area contributed by atoms with Gasteiger partial charge in [0, 0.05) is 30.4 Å². The fraction of sp³-hybridized carbons (Fsp3) is 0.0714. The van der Waals surface area contributed by atoms with Crippen molar-refractivity contribution in [1.29, 1.82) is 0 Å². The molecule has 0 bridgehead atoms. The van der Waals surface area contributed by atoms with E-state index in [2.05, 4.69) is 15.1 Å². The number of hydrogen-bond acceptors (Lipinski definition) is 3. The molecule has 0 unspecified atom stereocenters. The number of halogens is 3. The third kappa shape index (κ3) is 2.75. The molecule has 0 aliphatic rings. The summed E-state index contributed by atoms with van der Waals surface area (Å²) in [7, 11) is 1.78. The maximum Gasteiger partial charge on any atom is 0.161 e. The highest BCUT2D eigenvalue weighted by molar-refractivity contribution is 6.29. The maximum absolute atomic E-state index is 13.3. The van der Waals surface area contributed by atoms with Gasteiger partial charge in [0.15, 0.2) is 17.5 Å². The standard InChI is InChI=1S/C14H9ClF2N4/c1-21-7-9(6-18-21)12-5-13(15)20-14(19-12)8-2-3-10(16)11(17)4-8/h2-7H,1H3. The minimum Gasteiger partial charge on any atom is -0.275 e. The van der Waals surface area contributed by atoms with Crippen molar-refractivity contribution in [2.45, 2.75) is 0 Å². The molecule has 3 rings (SSSR count). The molecule has 2 aromatic heterocycles. The van der Waals surface area contributed by atoms with Crippen LogP contribution in [0.25, 0.3) is 22.6 Å². The summed E-state index contributed by atoms with van der Waals surface area (Å²) in [4.78, 5) is 8.37. The van der Waals surface area contributed by atoms with Gasteiger partial charge >= 0.3 is 0 Å². The Balaban J connectivity index is 2.11. The minimum atomic E-state index is -0.959. The molecule has 1 aromatic carbocycles. The number of hydrogen-bond donors (Lipinski definition) is 0. The second-order valence-corrected chi connectivity index (χ2v) is 4.82. The van der Waals surface area contributed by atoms with E-state index in [0.29, 0.717) is 11.3 Å². The Morgan fingerprint density at radius 1 is 1.05 bits per heavy atom. The first-order valence-corrected chi connectivity index (χ1v) is 6.40. The molecule has 0 spiro atoms. The van der Waals surface area contributed by atoms with Gasteiger partial charge in [-0.25, -0.2) is 18.7 Å². The molecule has 106 valence electrons. The van der Waals surface area contributed by atoms with Crippen LogP contribution in [0.3, 0.4) is 0 Å². The summed E-state index contributed by atoms with van der Waals surface area (Å²) in [5, 5.41) is 4.27. The molecule has 0 atom stereocenters. The van der Waals surface area contributed by atoms with Crippen LogP contribution in [-0.4, -0.2) is 19.7 Å². The largest absolute Gasteiger partial charge is 0.275 e. The number of benzene rings is 1. The summed E-state index contributed by atoms with van der Waals surface area (Å²) >= 11 is 5.98. The number of rotatable bonds is 2. The van der Waals surface area contributed by atoms with E-state index in [9.17, 15) is 8.78 Å². The smallest absolute Gasteiger partial charge is 0.161 e. The van der Waals surface area contributed by atoms with Gasteiger partial charge in [0.25, 0.3) is 0 Å². The van der Waals surface area contributed by atoms with Crippen LogP contribution in [-0.2, 0) is 7.05 Å². The molecule has 0 saturated carbocycles. The van der Waals surface area contributed by atoms with Gasteiger partial charge in [0.2, 0.25) is 0 Å². The van der Waals surface area contributed by atoms with E-state index in [4.69, 9.17) is 11.6 Å². The van der Waals surface area contributed by atoms with Crippen molar-refractivity contribution in [3.05, 3.63) is 53.4 Å². The van der Waals surface area contributed by atoms with E-state index < -0.39 is 11.6 Å². The molecule has 0 N–H and O–H groups in total. The van der Waals surface area contributed by atoms with Gasteiger partial charge in [0.05, 0.1) is 11.9 Å². The van der Waals surface area contributed by atoms with Crippen molar-refractivity contribution >= 4 is 11.6 Å². The molecular weight excluding hydrogens is 298 g/mol. The zero-order valence-electron chi connectivity index (χ0n) is 10.9. The summed E-state index contributed by atoms with van der Waals surface area (Å²) in [5.41, 5.74) is 1.66. The van der Waals surface area contributed by atoms with Crippen LogP contribution in [0, 0.1) is 11.6 Å². The number of aryl methyl sites for hydroxylation is 1. The summed E-state index contributed by atoms with van der Waals surface area (Å²) in [6, 6.07) is 5.05. The Bertz CT molecular complexity index is 816. The van der Waals surface area contributed by atoms with Crippen LogP contribution in [0.1, 0.15) is 0 Å². The van der Waals surface area contributed by atoms with Crippen molar-refractivity contribution in [2.75, 3.05) is 0 Å². The molecule has 0 aliphatic heterocycles. The van der Waals surface area contributed by atoms with Crippen molar-refractivity contribution < 1.29 is 8.78 Å². The minimum absolute atomic E-state index is 0.212. The zero-order chi connectivity index (χ0) is 15.0. The summed E-state index contributed by atoms with van der Waals surface area (Å²) in [5.74, 6) is -1.66. The van der Waals surface area contributed by atoms with Crippen molar-refractivity contribution in [3.8, 4) is 22.6 Å². The summed E-state index contributed by atoms with van der Waals surface area (Å²) < 4.78 is 27.9. The van der Waals surface area contributed by atoms with Crippen LogP contribution in [0.4, 0.5) is 8.78 Å². The van der Waals surface area contributed by atoms with E-state index in [0.717, 1.165) is 17.7 Å². The maximum atomic E-state index is 13.3. The molecular formula is C14H9ClF2N4. The van der Waals surface area contributed by atoms with Gasteiger partial charge in [-0.2, -0.15) is 5.10 Å². The van der Waals surface area contributed by atoms with Gasteiger partial charge in [-0.1, -0.05) is 11.6 Å². The summed E-state index contributed by atoms with van der Waals surface area (Å²) in [6.07, 6.45) is 3.40. The van der Waals surface area contributed by atoms with Crippen LogP contribution in [0.15, 0.2) is 36.7 Å². The normalized spacial score (nSPS) is 10.9. The molecule has 0 saturated heterocycles. The van der Waals surface area contributed by atoms with Crippen LogP contribution < -0.4 is 0 Å². The van der Waals surface area contributed by atoms with Gasteiger partial charge in [-0.05, 0) is 18.2 Å². The second kappa shape index (κ2) is 5.21. The molecule has 0 aliphatic carbocycles. The lowest BCUT2D eigenvalue weighted by Gasteiger charge is -2.04. The highest BCUT2D eigenvalue weighted by Gasteiger charge is 2.11. The van der Waals surface area contributed by atoms with E-state index in [-0.39, 0.29) is 11.0 Å². The van der Waals surface area contributed by atoms with Gasteiger partial charge in [-0.3, -0.25) is 4.68 Å². The van der Waals surface area contributed by atoms with Crippen molar-refractivity contribution in [3.63, 3.8) is 0 Å². The predicted molar refractivity (Wildman–Crippen MR) is 74.6 cm³/mol. The Morgan fingerprint density at radius 2 is 1.86 bits per heavy atom. The number of aromatic nitrogens is 4. The lowest BCUT2D eigenvalue weighted by molar-refractivity contribution is 0.509. The van der Waals surface area contributed by atoms with Crippen molar-refractivity contribution in [2.24, 2.45) is 7.05 Å². The first-order chi connectivity index (χ1) is 10.0. The average molecular weight is 307 g/mol. The lowest BCUT2D eigenvalue weighted by Crippen LogP contribution is -1.94. The van der Waals surface area contributed by atoms with Gasteiger partial charge in [0.1, 0.15) is 5.15 Å². The average Bonchev–Trinajstić information content (AvgIpc) is 2.88. The molecule has 7 heteroatoms. The Hall–Kier alpha value is -2.34. The fourth-order valence-corrected chi connectivity index (χ4v) is 2.07. The van der Waals surface area contributed by atoms with Crippen LogP contribution >= 0.6 is 11.6 Å². The zero-order valence-corrected chi connectivity index (χ0v) is 11.6. The Morgan fingerprint density at radius 3 is 2.52 bits per heavy atom. The third-order valence-corrected chi connectivity index (χ3v) is 3.07. The summed E-state index contributed by atoms with van der Waals surface area (Å²) in [6.45, 7) is 0. The van der Waals surface area contributed by atoms with Gasteiger partial charge in [-0.15, -0.1) is 0 Å². The number of nitrogens with zero attached hydrogens (tertiary/aromatic N) is 4. The second-order valence-electron chi connectivity index (χ2n) is 4.43. The fourth-order valence-electron chi connectivity index (χ4n) is 1.88. The van der Waals surface area contributed by atoms with E-state index >= 15 is 0 Å². The molecule has 4 nitrogen and oxygen atoms in total. The SMILES string of the molecule is Cn1cc(-c2cc(Cl)nc(-c3ccc(F)c(F)c3)n2)cn1. The Labute approximate surface area is 124 Å². The highest BCUT2D eigenvalue weighted by atomic mass is 35.5. The molecule has 2 heterocycles. The van der Waals surface area contributed by atoms with Gasteiger partial charge < -0.3 is 0 Å². The van der Waals surface area contributed by atoms with E-state index in [1.54, 1.807) is 30.2 Å². The topological polar surface area (TPSA) is 43.6 Å². The lowest BCUT2D eigenvalue weighted by atomic mass is 10.2.